The van der Waals surface area contributed by atoms with Gasteiger partial charge in [-0.3, -0.25) is 4.90 Å². The van der Waals surface area contributed by atoms with Crippen LogP contribution in [0.25, 0.3) is 0 Å². The van der Waals surface area contributed by atoms with E-state index in [1.54, 1.807) is 0 Å². The zero-order valence-electron chi connectivity index (χ0n) is 11.0. The van der Waals surface area contributed by atoms with Gasteiger partial charge >= 0.3 is 0 Å². The molecule has 1 aromatic carbocycles. The van der Waals surface area contributed by atoms with E-state index in [-0.39, 0.29) is 0 Å². The van der Waals surface area contributed by atoms with Crippen LogP contribution in [0.3, 0.4) is 0 Å². The Kier molecular flexibility index (Phi) is 5.50. The molecule has 0 saturated heterocycles. The van der Waals surface area contributed by atoms with Crippen molar-refractivity contribution in [1.82, 2.24) is 9.80 Å². The van der Waals surface area contributed by atoms with Crippen LogP contribution in [0.2, 0.25) is 0 Å². The van der Waals surface area contributed by atoms with E-state index < -0.39 is 0 Å². The minimum absolute atomic E-state index is 1.06. The first-order valence-electron chi connectivity index (χ1n) is 6.04. The molecule has 0 fully saturated rings. The molecule has 0 heterocycles. The van der Waals surface area contributed by atoms with Crippen LogP contribution in [0.1, 0.15) is 18.1 Å². The van der Waals surface area contributed by atoms with Crippen molar-refractivity contribution in [2.45, 2.75) is 20.4 Å². The number of hydrogen-bond donors (Lipinski definition) is 0. The molecule has 0 N–H and O–H groups in total. The number of likely N-dealkylation sites (N-methyl/N-ethyl adjacent to an activating group) is 2. The van der Waals surface area contributed by atoms with Gasteiger partial charge in [0.15, 0.2) is 0 Å². The molecular formula is C14H24N2. The largest absolute Gasteiger partial charge is 0.308 e. The molecule has 0 unspecified atom stereocenters. The topological polar surface area (TPSA) is 6.48 Å². The number of hydrogen-bond acceptors (Lipinski definition) is 2. The maximum absolute atomic E-state index is 2.48. The van der Waals surface area contributed by atoms with E-state index in [1.807, 2.05) is 0 Å². The third-order valence-corrected chi connectivity index (χ3v) is 2.84. The lowest BCUT2D eigenvalue weighted by molar-refractivity contribution is 0.244. The number of benzene rings is 1. The normalized spacial score (nSPS) is 11.4. The highest BCUT2D eigenvalue weighted by Gasteiger charge is 2.03. The summed E-state index contributed by atoms with van der Waals surface area (Å²) < 4.78 is 0. The molecule has 0 amide bonds. The van der Waals surface area contributed by atoms with Crippen LogP contribution in [0.15, 0.2) is 24.3 Å². The van der Waals surface area contributed by atoms with E-state index in [1.165, 1.54) is 11.1 Å². The molecule has 90 valence electrons. The Morgan fingerprint density at radius 2 is 1.62 bits per heavy atom. The molecule has 2 nitrogen and oxygen atoms in total. The highest BCUT2D eigenvalue weighted by Crippen LogP contribution is 2.06. The van der Waals surface area contributed by atoms with Gasteiger partial charge < -0.3 is 4.90 Å². The predicted molar refractivity (Wildman–Crippen MR) is 70.7 cm³/mol. The first-order chi connectivity index (χ1) is 7.61. The molecule has 2 heteroatoms. The van der Waals surface area contributed by atoms with Gasteiger partial charge in [0.25, 0.3) is 0 Å². The molecule has 1 aromatic rings. The molecule has 0 radical (unpaired) electrons. The van der Waals surface area contributed by atoms with E-state index in [0.717, 1.165) is 26.2 Å². The molecule has 0 aliphatic rings. The van der Waals surface area contributed by atoms with Crippen LogP contribution in [-0.4, -0.2) is 43.5 Å². The summed E-state index contributed by atoms with van der Waals surface area (Å²) in [6.07, 6.45) is 0. The van der Waals surface area contributed by atoms with Crippen molar-refractivity contribution in [3.8, 4) is 0 Å². The van der Waals surface area contributed by atoms with Crippen molar-refractivity contribution < 1.29 is 0 Å². The van der Waals surface area contributed by atoms with E-state index in [9.17, 15) is 0 Å². The first kappa shape index (κ1) is 13.2. The summed E-state index contributed by atoms with van der Waals surface area (Å²) in [5.41, 5.74) is 2.74. The Morgan fingerprint density at radius 1 is 1.00 bits per heavy atom. The van der Waals surface area contributed by atoms with Crippen LogP contribution in [0, 0.1) is 6.92 Å². The van der Waals surface area contributed by atoms with Gasteiger partial charge in [0.1, 0.15) is 0 Å². The lowest BCUT2D eigenvalue weighted by Crippen LogP contribution is -2.31. The number of aryl methyl sites for hydroxylation is 1. The highest BCUT2D eigenvalue weighted by atomic mass is 15.2. The second kappa shape index (κ2) is 6.66. The van der Waals surface area contributed by atoms with Gasteiger partial charge in [-0.1, -0.05) is 36.8 Å². The number of rotatable bonds is 6. The molecule has 0 aliphatic carbocycles. The van der Waals surface area contributed by atoms with Gasteiger partial charge in [-0.25, -0.2) is 0 Å². The van der Waals surface area contributed by atoms with Crippen LogP contribution in [0.5, 0.6) is 0 Å². The van der Waals surface area contributed by atoms with Crippen LogP contribution >= 0.6 is 0 Å². The summed E-state index contributed by atoms with van der Waals surface area (Å²) in [7, 11) is 4.25. The summed E-state index contributed by atoms with van der Waals surface area (Å²) >= 11 is 0. The van der Waals surface area contributed by atoms with Crippen LogP contribution in [0.4, 0.5) is 0 Å². The fraction of sp³-hybridized carbons (Fsp3) is 0.571. The summed E-state index contributed by atoms with van der Waals surface area (Å²) in [6.45, 7) is 8.79. The molecule has 0 saturated carbocycles. The fourth-order valence-electron chi connectivity index (χ4n) is 1.64. The van der Waals surface area contributed by atoms with E-state index in [4.69, 9.17) is 0 Å². The SMILES string of the molecule is CCN(CCN(C)C)Cc1ccc(C)cc1. The molecule has 0 spiro atoms. The highest BCUT2D eigenvalue weighted by molar-refractivity contribution is 5.21. The van der Waals surface area contributed by atoms with Crippen molar-refractivity contribution in [3.05, 3.63) is 35.4 Å². The molecule has 0 bridgehead atoms. The Balaban J connectivity index is 2.46. The van der Waals surface area contributed by atoms with Gasteiger partial charge in [-0.15, -0.1) is 0 Å². The average Bonchev–Trinajstić information content (AvgIpc) is 2.26. The third kappa shape index (κ3) is 4.77. The molecule has 0 aliphatic heterocycles. The summed E-state index contributed by atoms with van der Waals surface area (Å²) in [4.78, 5) is 4.71. The minimum Gasteiger partial charge on any atom is -0.308 e. The van der Waals surface area contributed by atoms with Gasteiger partial charge in [-0.05, 0) is 33.1 Å². The zero-order valence-corrected chi connectivity index (χ0v) is 11.0. The third-order valence-electron chi connectivity index (χ3n) is 2.84. The quantitative estimate of drug-likeness (QED) is 0.726. The smallest absolute Gasteiger partial charge is 0.0234 e. The van der Waals surface area contributed by atoms with Gasteiger partial charge in [0, 0.05) is 19.6 Å². The van der Waals surface area contributed by atoms with Crippen molar-refractivity contribution in [3.63, 3.8) is 0 Å². The number of nitrogens with zero attached hydrogens (tertiary/aromatic N) is 2. The molecule has 1 rings (SSSR count). The fourth-order valence-corrected chi connectivity index (χ4v) is 1.64. The van der Waals surface area contributed by atoms with Gasteiger partial charge in [0.05, 0.1) is 0 Å². The molecule has 16 heavy (non-hydrogen) atoms. The first-order valence-corrected chi connectivity index (χ1v) is 6.04. The van der Waals surface area contributed by atoms with Crippen LogP contribution in [-0.2, 0) is 6.54 Å². The Labute approximate surface area is 99.9 Å². The summed E-state index contributed by atoms with van der Waals surface area (Å²) in [6, 6.07) is 8.84. The molecular weight excluding hydrogens is 196 g/mol. The maximum atomic E-state index is 2.48. The van der Waals surface area contributed by atoms with Crippen molar-refractivity contribution in [2.75, 3.05) is 33.7 Å². The van der Waals surface area contributed by atoms with Crippen molar-refractivity contribution >= 4 is 0 Å². The second-order valence-electron chi connectivity index (χ2n) is 4.66. The Bertz CT molecular complexity index is 290. The van der Waals surface area contributed by atoms with Crippen LogP contribution < -0.4 is 0 Å². The molecule has 0 aromatic heterocycles. The molecule has 0 atom stereocenters. The van der Waals surface area contributed by atoms with Gasteiger partial charge in [-0.2, -0.15) is 0 Å². The lowest BCUT2D eigenvalue weighted by Gasteiger charge is -2.22. The summed E-state index contributed by atoms with van der Waals surface area (Å²) in [5.74, 6) is 0. The summed E-state index contributed by atoms with van der Waals surface area (Å²) in [5, 5.41) is 0. The average molecular weight is 220 g/mol. The van der Waals surface area contributed by atoms with E-state index in [0.29, 0.717) is 0 Å². The van der Waals surface area contributed by atoms with Crippen molar-refractivity contribution in [2.24, 2.45) is 0 Å². The monoisotopic (exact) mass is 220 g/mol. The maximum Gasteiger partial charge on any atom is 0.0234 e. The zero-order chi connectivity index (χ0) is 12.0. The minimum atomic E-state index is 1.06. The Hall–Kier alpha value is -0.860. The lowest BCUT2D eigenvalue weighted by atomic mass is 10.1. The van der Waals surface area contributed by atoms with Crippen molar-refractivity contribution in [1.29, 1.82) is 0 Å². The van der Waals surface area contributed by atoms with E-state index >= 15 is 0 Å². The Morgan fingerprint density at radius 3 is 2.12 bits per heavy atom. The second-order valence-corrected chi connectivity index (χ2v) is 4.66. The predicted octanol–water partition coefficient (Wildman–Crippen LogP) is 2.38. The standard InChI is InChI=1S/C14H24N2/c1-5-16(11-10-15(3)4)12-14-8-6-13(2)7-9-14/h6-9H,5,10-12H2,1-4H3. The van der Waals surface area contributed by atoms with E-state index in [2.05, 4.69) is 62.0 Å². The van der Waals surface area contributed by atoms with Gasteiger partial charge in [0.2, 0.25) is 0 Å².